The first-order valence-corrected chi connectivity index (χ1v) is 39.1. The molecule has 7 saturated heterocycles. The van der Waals surface area contributed by atoms with Gasteiger partial charge in [0.1, 0.15) is 0 Å². The second-order valence-electron chi connectivity index (χ2n) is 29.3. The van der Waals surface area contributed by atoms with Gasteiger partial charge in [-0.2, -0.15) is 0 Å². The first kappa shape index (κ1) is 51.2. The number of aromatic nitrogens is 3. The zero-order valence-electron chi connectivity index (χ0n) is 51.4. The molecule has 2 bridgehead atoms. The molecule has 10 aliphatic rings. The Labute approximate surface area is 534 Å². The molecule has 417 valence electrons. The van der Waals surface area contributed by atoms with Crippen LogP contribution < -0.4 is 59.3 Å². The quantitative estimate of drug-likeness (QED) is 0.134. The van der Waals surface area contributed by atoms with Crippen LogP contribution in [-0.2, 0) is 0 Å². The van der Waals surface area contributed by atoms with Gasteiger partial charge in [-0.05, 0) is 60.0 Å². The summed E-state index contributed by atoms with van der Waals surface area (Å²) in [7, 11) is 0.353. The molecule has 0 amide bonds. The monoisotopic (exact) mass is 1180 g/mol. The first-order valence-electron chi connectivity index (χ1n) is 33.8. The number of aryl methyl sites for hydroxylation is 2. The Morgan fingerprint density at radius 1 is 0.374 bits per heavy atom. The zero-order chi connectivity index (χ0) is 59.5. The molecule has 0 atom stereocenters. The number of fused-ring (bicyclic) bond motifs is 16. The summed E-state index contributed by atoms with van der Waals surface area (Å²) in [4.78, 5) is 4.80. The summed E-state index contributed by atoms with van der Waals surface area (Å²) in [5, 5.41) is 9.91. The molecular weight excluding hydrogens is 1130 g/mol. The van der Waals surface area contributed by atoms with E-state index in [-0.39, 0.29) is 13.4 Å². The molecule has 25 rings (SSSR count). The average molecular weight is 1180 g/mol. The van der Waals surface area contributed by atoms with Crippen LogP contribution in [0, 0.1) is 13.8 Å². The van der Waals surface area contributed by atoms with Crippen LogP contribution in [0.15, 0.2) is 273 Å². The van der Waals surface area contributed by atoms with Crippen molar-refractivity contribution in [1.82, 2.24) is 18.6 Å². The van der Waals surface area contributed by atoms with Crippen LogP contribution in [0.4, 0.5) is 0 Å². The second kappa shape index (κ2) is 17.4. The van der Waals surface area contributed by atoms with Crippen LogP contribution in [0.2, 0.25) is 0 Å². The van der Waals surface area contributed by atoms with Gasteiger partial charge in [-0.25, -0.2) is 0 Å². The van der Waals surface area contributed by atoms with Crippen LogP contribution in [0.5, 0.6) is 0 Å². The van der Waals surface area contributed by atoms with Crippen molar-refractivity contribution in [2.24, 2.45) is 0 Å². The van der Waals surface area contributed by atoms with Gasteiger partial charge in [0, 0.05) is 44.0 Å². The van der Waals surface area contributed by atoms with Crippen molar-refractivity contribution in [3.05, 3.63) is 284 Å². The van der Waals surface area contributed by atoms with E-state index < -0.39 is 12.7 Å². The van der Waals surface area contributed by atoms with E-state index in [4.69, 9.17) is 4.86 Å². The van der Waals surface area contributed by atoms with Gasteiger partial charge < -0.3 is 9.13 Å². The Kier molecular flexibility index (Phi) is 9.78. The zero-order valence-corrected chi connectivity index (χ0v) is 53.2. The Balaban J connectivity index is 0.0000000920. The normalized spacial score (nSPS) is 18.4. The molecule has 0 unspecified atom stereocenters. The molecule has 0 aliphatic carbocycles. The van der Waals surface area contributed by atoms with Gasteiger partial charge in [0.2, 0.25) is 13.4 Å². The van der Waals surface area contributed by atoms with E-state index in [1.165, 1.54) is 161 Å². The number of hydrogen-bond donors (Lipinski definition) is 1. The maximum absolute atomic E-state index is 4.80. The van der Waals surface area contributed by atoms with E-state index in [1.54, 1.807) is 0 Å². The third-order valence-corrected chi connectivity index (χ3v) is 43.8. The number of hydrogen-bond acceptors (Lipinski definition) is 1. The van der Waals surface area contributed by atoms with E-state index in [0.717, 1.165) is 12.4 Å². The molecule has 4 nitrogen and oxygen atoms in total. The van der Waals surface area contributed by atoms with Crippen LogP contribution in [0.1, 0.15) is 11.1 Å². The molecule has 91 heavy (non-hydrogen) atoms. The summed E-state index contributed by atoms with van der Waals surface area (Å²) < 4.78 is 7.47. The van der Waals surface area contributed by atoms with Crippen LogP contribution in [0.25, 0.3) is 82.5 Å². The summed E-state index contributed by atoms with van der Waals surface area (Å²) >= 11 is 0. The standard InChI is InChI=1S/2C25H18BN.C24H20B9N2P2/c1-17-13-15-18(16-14-17)26-21-9-3-5-12-24(21)27-23-11-4-2-7-19(23)20-8-6-10-22(26)25(20)27;1-17-9-7-16-23-24(17)26(18-10-3-2-4-11-18)21-14-8-13-20-19-12-5-6-15-22(19)27(23)25(20)21;1-3-13-22-18(9-1)19-10-6-12-21-24(19)35(22)23-14-4-2-11-20(23)28(21)16-7-5-8-17(15-16)36(29-25-30(36)33(29)36)34-37-26-31(37)32(37)27-37/h2*2-16H,1H3;1-15,34H,25-26H2/q;;-2. The van der Waals surface area contributed by atoms with Crippen LogP contribution in [0.3, 0.4) is 0 Å². The Bertz CT molecular complexity index is 5780. The van der Waals surface area contributed by atoms with Gasteiger partial charge in [0.15, 0.2) is 0 Å². The number of para-hydroxylation sites is 8. The van der Waals surface area contributed by atoms with Gasteiger partial charge in [0.05, 0.1) is 11.0 Å². The van der Waals surface area contributed by atoms with Crippen molar-refractivity contribution in [2.45, 2.75) is 13.8 Å². The fourth-order valence-electron chi connectivity index (χ4n) is 21.4. The van der Waals surface area contributed by atoms with Gasteiger partial charge >= 0.3 is 221 Å². The SMILES string of the molecule is Cc1ccc(B2c3ccccc3-n3c4ccccc4c4cccc2c43)cc1.Cc1cccc2c1B(c1ccccc1)c1cccc3c4ccccc4n-2c13.[B]1B2B3[BH2-]P123NP12(c3cccc(B4c5ccccc5-n5c6ccccc6c6cccc4c65)c3)B3[BH2-]B1B32. The van der Waals surface area contributed by atoms with Crippen molar-refractivity contribution in [1.29, 1.82) is 0 Å². The molecule has 10 aliphatic heterocycles. The minimum absolute atomic E-state index is 0.266. The Hall–Kier alpha value is -8.43. The molecular formula is C74H56B11N4P2-2. The van der Waals surface area contributed by atoms with E-state index in [2.05, 4.69) is 307 Å². The topological polar surface area (TPSA) is 26.8 Å². The minimum atomic E-state index is -1.72. The number of rotatable bonds is 6. The summed E-state index contributed by atoms with van der Waals surface area (Å²) in [6.07, 6.45) is 2.96. The Morgan fingerprint density at radius 3 is 1.31 bits per heavy atom. The van der Waals surface area contributed by atoms with Crippen molar-refractivity contribution in [3.63, 3.8) is 0 Å². The van der Waals surface area contributed by atoms with Crippen molar-refractivity contribution in [3.8, 4) is 17.1 Å². The van der Waals surface area contributed by atoms with Gasteiger partial charge in [0.25, 0.3) is 0 Å². The summed E-state index contributed by atoms with van der Waals surface area (Å²) in [6, 6.07) is 102. The van der Waals surface area contributed by atoms with Crippen molar-refractivity contribution >= 4 is 205 Å². The van der Waals surface area contributed by atoms with E-state index in [0.29, 0.717) is 20.7 Å². The predicted octanol–water partition coefficient (Wildman–Crippen LogP) is 7.74. The first-order chi connectivity index (χ1) is 44.9. The molecule has 12 aromatic carbocycles. The molecule has 1 spiro atoms. The third-order valence-electron chi connectivity index (χ3n) is 25.9. The van der Waals surface area contributed by atoms with Crippen LogP contribution in [-0.4, -0.2) is 85.7 Å². The second-order valence-corrected chi connectivity index (χ2v) is 41.4. The predicted molar refractivity (Wildman–Crippen MR) is 413 cm³/mol. The van der Waals surface area contributed by atoms with Gasteiger partial charge in [-0.15, -0.1) is 0 Å². The molecule has 17 heteroatoms. The van der Waals surface area contributed by atoms with Crippen molar-refractivity contribution in [2.75, 3.05) is 0 Å². The molecule has 13 heterocycles. The molecule has 0 saturated carbocycles. The fraction of sp³-hybridized carbons (Fsp3) is 0.0270. The number of nitrogens with zero attached hydrogens (tertiary/aromatic N) is 3. The maximum atomic E-state index is 4.80. The summed E-state index contributed by atoms with van der Waals surface area (Å²) in [6.45, 7) is 8.51. The van der Waals surface area contributed by atoms with Gasteiger partial charge in [-0.3, -0.25) is 0 Å². The van der Waals surface area contributed by atoms with Gasteiger partial charge in [-0.1, -0.05) is 180 Å². The molecule has 1 radical (unpaired) electrons. The Morgan fingerprint density at radius 2 is 0.791 bits per heavy atom. The number of nitrogens with one attached hydrogen (secondary N) is 1. The molecule has 1 N–H and O–H groups in total. The van der Waals surface area contributed by atoms with Crippen LogP contribution >= 0.6 is 12.7 Å². The fourth-order valence-corrected chi connectivity index (χ4v) is 46.5. The summed E-state index contributed by atoms with van der Waals surface area (Å²) in [5.74, 6) is 0. The van der Waals surface area contributed by atoms with E-state index >= 15 is 0 Å². The molecule has 7 fully saturated rings. The van der Waals surface area contributed by atoms with E-state index in [9.17, 15) is 0 Å². The summed E-state index contributed by atoms with van der Waals surface area (Å²) in [5.41, 5.74) is 27.4. The van der Waals surface area contributed by atoms with Crippen molar-refractivity contribution < 1.29 is 0 Å². The third kappa shape index (κ3) is 6.20. The number of benzene rings is 12. The average Bonchev–Trinajstić information content (AvgIpc) is 1.33. The molecule has 3 aromatic heterocycles. The molecule has 15 aromatic rings. The van der Waals surface area contributed by atoms with E-state index in [1.807, 2.05) is 5.30 Å².